The third-order valence-corrected chi connectivity index (χ3v) is 12.7. The molecular weight excluding hydrogens is 844 g/mol. The summed E-state index contributed by atoms with van der Waals surface area (Å²) in [6.45, 7) is 6.67. The molecule has 1 N–H and O–H groups in total. The number of nitrogens with one attached hydrogen (secondary N) is 1. The Kier molecular flexibility index (Phi) is 44.8. The molecule has 0 fully saturated rings. The number of esters is 1. The average molecular weight is 947 g/mol. The van der Waals surface area contributed by atoms with Gasteiger partial charge in [0.15, 0.2) is 0 Å². The number of carbonyl (C=O) groups excluding carboxylic acids is 2. The molecule has 0 aromatic heterocycles. The van der Waals surface area contributed by atoms with Crippen molar-refractivity contribution in [1.29, 1.82) is 0 Å². The Morgan fingerprint density at radius 3 is 1.47 bits per heavy atom. The van der Waals surface area contributed by atoms with Crippen LogP contribution >= 0.6 is 7.82 Å². The molecule has 0 aliphatic rings. The van der Waals surface area contributed by atoms with Crippen molar-refractivity contribution < 1.29 is 37.3 Å². The minimum absolute atomic E-state index is 0.0340. The van der Waals surface area contributed by atoms with Crippen molar-refractivity contribution in [3.8, 4) is 0 Å². The summed E-state index contributed by atoms with van der Waals surface area (Å²) >= 11 is 0. The standard InChI is InChI=1S/C56H103N2O7P/c1-7-10-13-16-19-22-25-28-31-34-37-40-43-46-49-56(60)65-54(47-44-41-38-35-32-29-26-23-20-17-14-11-8-2)53(52-64-66(61,62)63-51-50-58(4,5)6)57-55(59)48-45-42-39-36-33-30-27-24-21-18-15-12-9-3/h10,13,19,22,30,33,39,42,44,47,53-54H,7-9,11-12,14-18,20-21,23-29,31-32,34-38,40-41,43,45-46,48-52H2,1-6H3,(H-,57,59,61,62)/b13-10+,22-19+,33-30-,42-39+,47-44+. The number of likely N-dealkylation sites (N-methyl/N-ethyl adjacent to an activating group) is 1. The van der Waals surface area contributed by atoms with Gasteiger partial charge in [-0.15, -0.1) is 0 Å². The zero-order valence-electron chi connectivity index (χ0n) is 43.6. The molecule has 10 heteroatoms. The molecule has 0 saturated carbocycles. The molecule has 384 valence electrons. The Bertz CT molecular complexity index is 1320. The van der Waals surface area contributed by atoms with Gasteiger partial charge in [0.2, 0.25) is 5.91 Å². The van der Waals surface area contributed by atoms with Gasteiger partial charge in [0.05, 0.1) is 33.8 Å². The van der Waals surface area contributed by atoms with Gasteiger partial charge in [-0.2, -0.15) is 0 Å². The van der Waals surface area contributed by atoms with Crippen molar-refractivity contribution >= 4 is 19.7 Å². The van der Waals surface area contributed by atoms with E-state index in [0.717, 1.165) is 70.6 Å². The number of phosphoric ester groups is 1. The lowest BCUT2D eigenvalue weighted by molar-refractivity contribution is -0.870. The molecule has 0 rings (SSSR count). The van der Waals surface area contributed by atoms with E-state index in [9.17, 15) is 19.0 Å². The van der Waals surface area contributed by atoms with E-state index in [1.165, 1.54) is 116 Å². The summed E-state index contributed by atoms with van der Waals surface area (Å²) in [5.41, 5.74) is 0. The first kappa shape index (κ1) is 63.7. The fourth-order valence-corrected chi connectivity index (χ4v) is 8.21. The van der Waals surface area contributed by atoms with Gasteiger partial charge >= 0.3 is 5.97 Å². The van der Waals surface area contributed by atoms with Gasteiger partial charge in [-0.25, -0.2) is 0 Å². The van der Waals surface area contributed by atoms with Crippen LogP contribution in [0.3, 0.4) is 0 Å². The van der Waals surface area contributed by atoms with Gasteiger partial charge in [0.25, 0.3) is 7.82 Å². The third kappa shape index (κ3) is 46.8. The Balaban J connectivity index is 5.50. The number of nitrogens with zero attached hydrogens (tertiary/aromatic N) is 1. The predicted octanol–water partition coefficient (Wildman–Crippen LogP) is 15.3. The van der Waals surface area contributed by atoms with Crippen molar-refractivity contribution in [2.24, 2.45) is 0 Å². The van der Waals surface area contributed by atoms with Crippen LogP contribution in [0.4, 0.5) is 0 Å². The monoisotopic (exact) mass is 947 g/mol. The van der Waals surface area contributed by atoms with Crippen LogP contribution in [0.2, 0.25) is 0 Å². The normalized spacial score (nSPS) is 14.3. The first-order chi connectivity index (χ1) is 31.9. The van der Waals surface area contributed by atoms with E-state index in [1.807, 2.05) is 39.4 Å². The quantitative estimate of drug-likeness (QED) is 0.0212. The largest absolute Gasteiger partial charge is 0.756 e. The van der Waals surface area contributed by atoms with Gasteiger partial charge in [0.1, 0.15) is 19.3 Å². The molecule has 9 nitrogen and oxygen atoms in total. The molecule has 3 unspecified atom stereocenters. The second-order valence-corrected chi connectivity index (χ2v) is 20.8. The summed E-state index contributed by atoms with van der Waals surface area (Å²) in [5.74, 6) is -0.630. The highest BCUT2D eigenvalue weighted by atomic mass is 31.2. The van der Waals surface area contributed by atoms with E-state index >= 15 is 0 Å². The number of phosphoric acid groups is 1. The van der Waals surface area contributed by atoms with E-state index in [-0.39, 0.29) is 31.3 Å². The summed E-state index contributed by atoms with van der Waals surface area (Å²) in [6, 6.07) is -0.921. The van der Waals surface area contributed by atoms with Crippen LogP contribution in [0.5, 0.6) is 0 Å². The fourth-order valence-electron chi connectivity index (χ4n) is 7.49. The maximum atomic E-state index is 13.4. The summed E-state index contributed by atoms with van der Waals surface area (Å²) in [6.07, 6.45) is 56.3. The third-order valence-electron chi connectivity index (χ3n) is 11.7. The summed E-state index contributed by atoms with van der Waals surface area (Å²) < 4.78 is 30.1. The van der Waals surface area contributed by atoms with Gasteiger partial charge in [0, 0.05) is 12.8 Å². The van der Waals surface area contributed by atoms with Crippen molar-refractivity contribution in [3.63, 3.8) is 0 Å². The lowest BCUT2D eigenvalue weighted by Crippen LogP contribution is -2.47. The van der Waals surface area contributed by atoms with Crippen LogP contribution in [0.25, 0.3) is 0 Å². The van der Waals surface area contributed by atoms with E-state index in [4.69, 9.17) is 13.8 Å². The summed E-state index contributed by atoms with van der Waals surface area (Å²) in [5, 5.41) is 2.97. The van der Waals surface area contributed by atoms with Crippen molar-refractivity contribution in [3.05, 3.63) is 60.8 Å². The van der Waals surface area contributed by atoms with Gasteiger partial charge in [-0.1, -0.05) is 204 Å². The molecular formula is C56H103N2O7P. The zero-order valence-corrected chi connectivity index (χ0v) is 44.5. The molecule has 0 aliphatic carbocycles. The number of allylic oxidation sites excluding steroid dienone is 9. The molecule has 66 heavy (non-hydrogen) atoms. The molecule has 0 heterocycles. The number of hydrogen-bond donors (Lipinski definition) is 1. The molecule has 0 bridgehead atoms. The lowest BCUT2D eigenvalue weighted by atomic mass is 10.0. The molecule has 1 amide bonds. The number of hydrogen-bond acceptors (Lipinski definition) is 7. The molecule has 0 aromatic rings. The Labute approximate surface area is 407 Å². The first-order valence-electron chi connectivity index (χ1n) is 27.1. The van der Waals surface area contributed by atoms with Crippen LogP contribution in [-0.2, 0) is 27.9 Å². The van der Waals surface area contributed by atoms with Crippen molar-refractivity contribution in [2.45, 2.75) is 245 Å². The van der Waals surface area contributed by atoms with Crippen LogP contribution in [0, 0.1) is 0 Å². The fraction of sp³-hybridized carbons (Fsp3) is 0.786. The predicted molar refractivity (Wildman–Crippen MR) is 279 cm³/mol. The van der Waals surface area contributed by atoms with Crippen molar-refractivity contribution in [1.82, 2.24) is 5.32 Å². The SMILES string of the molecule is CC/C=C/C/C=C/CCCCCCCCCC(=O)OC(/C=C/CCCCCCCCCCCCC)C(COP(=O)([O-])OCC[N+](C)(C)C)NC(=O)CC/C=C/C/C=C\CCCCCCCC. The minimum atomic E-state index is -4.71. The van der Waals surface area contributed by atoms with E-state index in [0.29, 0.717) is 23.9 Å². The van der Waals surface area contributed by atoms with E-state index < -0.39 is 26.6 Å². The smallest absolute Gasteiger partial charge is 0.306 e. The number of amides is 1. The zero-order chi connectivity index (χ0) is 48.7. The molecule has 0 saturated heterocycles. The number of unbranched alkanes of at least 4 members (excludes halogenated alkanes) is 24. The maximum absolute atomic E-state index is 13.4. The van der Waals surface area contributed by atoms with Gasteiger partial charge in [-0.05, 0) is 76.7 Å². The van der Waals surface area contributed by atoms with Crippen LogP contribution in [0.15, 0.2) is 60.8 Å². The molecule has 3 atom stereocenters. The number of rotatable bonds is 48. The Morgan fingerprint density at radius 2 is 0.985 bits per heavy atom. The van der Waals surface area contributed by atoms with Gasteiger partial charge in [-0.3, -0.25) is 14.2 Å². The van der Waals surface area contributed by atoms with Gasteiger partial charge < -0.3 is 28.5 Å². The first-order valence-corrected chi connectivity index (χ1v) is 28.6. The van der Waals surface area contributed by atoms with Crippen LogP contribution < -0.4 is 10.2 Å². The van der Waals surface area contributed by atoms with Crippen molar-refractivity contribution in [2.75, 3.05) is 40.9 Å². The highest BCUT2D eigenvalue weighted by Crippen LogP contribution is 2.38. The Morgan fingerprint density at radius 1 is 0.545 bits per heavy atom. The molecule has 0 aromatic carbocycles. The van der Waals surface area contributed by atoms with E-state index in [2.05, 4.69) is 68.6 Å². The molecule has 0 spiro atoms. The highest BCUT2D eigenvalue weighted by Gasteiger charge is 2.27. The Hall–Kier alpha value is -2.29. The number of carbonyl (C=O) groups is 2. The summed E-state index contributed by atoms with van der Waals surface area (Å²) in [7, 11) is 1.14. The maximum Gasteiger partial charge on any atom is 0.306 e. The molecule has 0 aliphatic heterocycles. The topological polar surface area (TPSA) is 114 Å². The van der Waals surface area contributed by atoms with Crippen LogP contribution in [-0.4, -0.2) is 69.4 Å². The number of quaternary nitrogens is 1. The lowest BCUT2D eigenvalue weighted by Gasteiger charge is -2.30. The average Bonchev–Trinajstić information content (AvgIpc) is 3.27. The number of ether oxygens (including phenoxy) is 1. The minimum Gasteiger partial charge on any atom is -0.756 e. The highest BCUT2D eigenvalue weighted by molar-refractivity contribution is 7.45. The second-order valence-electron chi connectivity index (χ2n) is 19.3. The second kappa shape index (κ2) is 46.4. The van der Waals surface area contributed by atoms with E-state index in [1.54, 1.807) is 0 Å². The summed E-state index contributed by atoms with van der Waals surface area (Å²) in [4.78, 5) is 39.7. The molecule has 0 radical (unpaired) electrons. The van der Waals surface area contributed by atoms with Crippen LogP contribution in [0.1, 0.15) is 233 Å².